The third-order valence-electron chi connectivity index (χ3n) is 0.923. The van der Waals surface area contributed by atoms with E-state index in [0.29, 0.717) is 6.20 Å². The normalized spacial score (nSPS) is 9.60. The molecule has 5 nitrogen and oxygen atoms in total. The van der Waals surface area contributed by atoms with E-state index >= 15 is 0 Å². The van der Waals surface area contributed by atoms with Crippen molar-refractivity contribution in [3.05, 3.63) is 47.2 Å². The van der Waals surface area contributed by atoms with Gasteiger partial charge in [0.2, 0.25) is 5.43 Å². The fraction of sp³-hybridized carbons (Fsp3) is 0. The Kier molecular flexibility index (Phi) is 1.26. The monoisotopic (exact) mass is 139 g/mol. The van der Waals surface area contributed by atoms with Crippen molar-refractivity contribution in [2.75, 3.05) is 0 Å². The molecule has 0 N–H and O–H groups in total. The van der Waals surface area contributed by atoms with Gasteiger partial charge in [-0.25, -0.2) is 4.98 Å². The molecule has 1 aromatic rings. The van der Waals surface area contributed by atoms with Crippen LogP contribution in [0.4, 0.5) is 0 Å². The molecule has 0 saturated heterocycles. The lowest BCUT2D eigenvalue weighted by Crippen LogP contribution is -2.47. The minimum atomic E-state index is -1.35. The highest BCUT2D eigenvalue weighted by atomic mass is 16.2. The van der Waals surface area contributed by atoms with E-state index in [1.54, 1.807) is 0 Å². The van der Waals surface area contributed by atoms with Gasteiger partial charge in [0, 0.05) is 0 Å². The predicted molar refractivity (Wildman–Crippen MR) is 31.7 cm³/mol. The number of hydrogen-bond acceptors (Lipinski definition) is 5. The van der Waals surface area contributed by atoms with Crippen molar-refractivity contribution >= 4 is 0 Å². The van der Waals surface area contributed by atoms with Gasteiger partial charge in [0.15, 0.2) is 0 Å². The molecular formula is C5HNO4. The van der Waals surface area contributed by atoms with Gasteiger partial charge >= 0.3 is 5.56 Å². The first-order valence-corrected chi connectivity index (χ1v) is 2.34. The molecule has 0 aliphatic carbocycles. The SMILES string of the molecule is O=c1cnc(=O)c(=O)c1=O. The van der Waals surface area contributed by atoms with Crippen molar-refractivity contribution in [3.8, 4) is 0 Å². The Bertz CT molecular complexity index is 397. The van der Waals surface area contributed by atoms with Gasteiger partial charge in [-0.1, -0.05) is 0 Å². The summed E-state index contributed by atoms with van der Waals surface area (Å²) in [7, 11) is 0. The first kappa shape index (κ1) is 6.47. The maximum Gasteiger partial charge on any atom is 0.321 e. The Morgan fingerprint density at radius 2 is 1.60 bits per heavy atom. The van der Waals surface area contributed by atoms with Gasteiger partial charge in [0.25, 0.3) is 10.9 Å². The Hall–Kier alpha value is -1.65. The van der Waals surface area contributed by atoms with Crippen LogP contribution < -0.4 is 21.8 Å². The minimum Gasteiger partial charge on any atom is -0.284 e. The van der Waals surface area contributed by atoms with Crippen molar-refractivity contribution < 1.29 is 0 Å². The maximum absolute atomic E-state index is 10.3. The van der Waals surface area contributed by atoms with Crippen LogP contribution in [0.2, 0.25) is 0 Å². The van der Waals surface area contributed by atoms with E-state index in [1.165, 1.54) is 0 Å². The Balaban J connectivity index is 4.04. The summed E-state index contributed by atoms with van der Waals surface area (Å²) < 4.78 is 0. The van der Waals surface area contributed by atoms with Gasteiger partial charge < -0.3 is 0 Å². The highest BCUT2D eigenvalue weighted by Gasteiger charge is 2.01. The molecule has 5 heteroatoms. The van der Waals surface area contributed by atoms with Crippen LogP contribution >= 0.6 is 0 Å². The van der Waals surface area contributed by atoms with E-state index in [1.807, 2.05) is 0 Å². The molecule has 1 heterocycles. The van der Waals surface area contributed by atoms with Crippen molar-refractivity contribution in [1.82, 2.24) is 4.98 Å². The molecule has 0 bridgehead atoms. The van der Waals surface area contributed by atoms with Crippen LogP contribution in [0.1, 0.15) is 0 Å². The van der Waals surface area contributed by atoms with Crippen LogP contribution in [0.5, 0.6) is 0 Å². The lowest BCUT2D eigenvalue weighted by Gasteiger charge is -1.70. The quantitative estimate of drug-likeness (QED) is 0.368. The zero-order chi connectivity index (χ0) is 7.72. The molecule has 0 fully saturated rings. The van der Waals surface area contributed by atoms with Gasteiger partial charge in [-0.2, -0.15) is 0 Å². The third-order valence-corrected chi connectivity index (χ3v) is 0.923. The topological polar surface area (TPSA) is 81.2 Å². The number of aromatic nitrogens is 1. The molecule has 0 aromatic carbocycles. The number of hydrogen-bond donors (Lipinski definition) is 0. The van der Waals surface area contributed by atoms with E-state index in [0.717, 1.165) is 0 Å². The number of pyridine rings is 1. The molecule has 10 heavy (non-hydrogen) atoms. The first-order chi connectivity index (χ1) is 4.63. The molecule has 0 atom stereocenters. The fourth-order valence-corrected chi connectivity index (χ4v) is 0.444. The van der Waals surface area contributed by atoms with Crippen molar-refractivity contribution in [2.45, 2.75) is 0 Å². The summed E-state index contributed by atoms with van der Waals surface area (Å²) in [6.07, 6.45) is 0.548. The second kappa shape index (κ2) is 1.94. The summed E-state index contributed by atoms with van der Waals surface area (Å²) in [6, 6.07) is 0. The second-order valence-corrected chi connectivity index (χ2v) is 1.59. The molecule has 50 valence electrons. The van der Waals surface area contributed by atoms with Crippen molar-refractivity contribution in [3.63, 3.8) is 0 Å². The molecule has 1 rings (SSSR count). The summed E-state index contributed by atoms with van der Waals surface area (Å²) in [5, 5.41) is 0. The van der Waals surface area contributed by atoms with Crippen molar-refractivity contribution in [1.29, 1.82) is 0 Å². The lowest BCUT2D eigenvalue weighted by atomic mass is 10.4. The minimum absolute atomic E-state index is 0.548. The molecule has 0 unspecified atom stereocenters. The van der Waals surface area contributed by atoms with Crippen LogP contribution in [0, 0.1) is 0 Å². The zero-order valence-corrected chi connectivity index (χ0v) is 4.66. The fourth-order valence-electron chi connectivity index (χ4n) is 0.444. The summed E-state index contributed by atoms with van der Waals surface area (Å²) >= 11 is 0. The zero-order valence-electron chi connectivity index (χ0n) is 4.66. The Labute approximate surface area is 53.3 Å². The summed E-state index contributed by atoms with van der Waals surface area (Å²) in [5.41, 5.74) is -4.87. The van der Waals surface area contributed by atoms with Gasteiger partial charge in [-0.3, -0.25) is 19.2 Å². The Morgan fingerprint density at radius 1 is 1.00 bits per heavy atom. The first-order valence-electron chi connectivity index (χ1n) is 2.34. The lowest BCUT2D eigenvalue weighted by molar-refractivity contribution is 1.14. The van der Waals surface area contributed by atoms with E-state index in [-0.39, 0.29) is 0 Å². The molecule has 0 aliphatic rings. The van der Waals surface area contributed by atoms with Crippen molar-refractivity contribution in [2.24, 2.45) is 0 Å². The molecule has 0 amide bonds. The predicted octanol–water partition coefficient (Wildman–Crippen LogP) is -2.60. The molecule has 1 aromatic heterocycles. The van der Waals surface area contributed by atoms with E-state index in [9.17, 15) is 19.2 Å². The highest BCUT2D eigenvalue weighted by molar-refractivity contribution is 4.93. The average Bonchev–Trinajstić information content (AvgIpc) is 1.93. The van der Waals surface area contributed by atoms with Crippen LogP contribution in [0.25, 0.3) is 0 Å². The van der Waals surface area contributed by atoms with Crippen LogP contribution in [-0.4, -0.2) is 4.98 Å². The Morgan fingerprint density at radius 3 is 2.10 bits per heavy atom. The van der Waals surface area contributed by atoms with E-state index in [2.05, 4.69) is 4.98 Å². The average molecular weight is 139 g/mol. The van der Waals surface area contributed by atoms with E-state index < -0.39 is 21.8 Å². The van der Waals surface area contributed by atoms with Gasteiger partial charge in [0.05, 0.1) is 6.20 Å². The maximum atomic E-state index is 10.3. The van der Waals surface area contributed by atoms with Crippen LogP contribution in [-0.2, 0) is 0 Å². The number of rotatable bonds is 0. The van der Waals surface area contributed by atoms with Crippen LogP contribution in [0.3, 0.4) is 0 Å². The smallest absolute Gasteiger partial charge is 0.284 e. The summed E-state index contributed by atoms with van der Waals surface area (Å²) in [6.45, 7) is 0. The van der Waals surface area contributed by atoms with Gasteiger partial charge in [0.1, 0.15) is 0 Å². The number of nitrogens with zero attached hydrogens (tertiary/aromatic N) is 1. The third kappa shape index (κ3) is 0.771. The van der Waals surface area contributed by atoms with E-state index in [4.69, 9.17) is 0 Å². The summed E-state index contributed by atoms with van der Waals surface area (Å²) in [4.78, 5) is 44.0. The largest absolute Gasteiger partial charge is 0.321 e. The molecule has 0 spiro atoms. The van der Waals surface area contributed by atoms with Gasteiger partial charge in [-0.15, -0.1) is 0 Å². The second-order valence-electron chi connectivity index (χ2n) is 1.59. The van der Waals surface area contributed by atoms with Crippen LogP contribution in [0.15, 0.2) is 25.4 Å². The standard InChI is InChI=1S/C5HNO4/c7-2-1-6-5(10)4(9)3(2)8/h1H. The van der Waals surface area contributed by atoms with Gasteiger partial charge in [-0.05, 0) is 0 Å². The molecule has 0 radical (unpaired) electrons. The molecule has 0 saturated carbocycles. The highest BCUT2D eigenvalue weighted by Crippen LogP contribution is 1.38. The molecular weight excluding hydrogens is 138 g/mol. The summed E-state index contributed by atoms with van der Waals surface area (Å²) in [5.74, 6) is 0. The molecule has 0 aliphatic heterocycles.